The minimum atomic E-state index is -0.971. The van der Waals surface area contributed by atoms with Crippen molar-refractivity contribution in [1.82, 2.24) is 20.2 Å². The molecule has 6 nitrogen and oxygen atoms in total. The number of aliphatic carboxylic acids is 1. The van der Waals surface area contributed by atoms with Crippen LogP contribution in [0.3, 0.4) is 0 Å². The van der Waals surface area contributed by atoms with E-state index in [0.717, 1.165) is 0 Å². The molecule has 21 heavy (non-hydrogen) atoms. The zero-order valence-corrected chi connectivity index (χ0v) is 12.3. The second kappa shape index (κ2) is 6.17. The summed E-state index contributed by atoms with van der Waals surface area (Å²) < 4.78 is 15.5. The third-order valence-corrected chi connectivity index (χ3v) is 3.44. The van der Waals surface area contributed by atoms with E-state index in [1.165, 1.54) is 16.8 Å². The predicted octanol–water partition coefficient (Wildman–Crippen LogP) is 2.80. The molecular weight excluding hydrogens is 299 g/mol. The Kier molecular flexibility index (Phi) is 4.52. The molecule has 0 aliphatic rings. The Hall–Kier alpha value is -2.02. The van der Waals surface area contributed by atoms with Crippen LogP contribution in [0, 0.1) is 11.7 Å². The van der Waals surface area contributed by atoms with Gasteiger partial charge in [0.05, 0.1) is 23.0 Å². The molecule has 0 saturated heterocycles. The summed E-state index contributed by atoms with van der Waals surface area (Å²) in [4.78, 5) is 11.0. The molecule has 0 radical (unpaired) electrons. The molecule has 2 aromatic rings. The van der Waals surface area contributed by atoms with Crippen molar-refractivity contribution in [3.8, 4) is 11.4 Å². The standard InChI is InChI=1S/C13H14ClFN4O2/c1-7(2)10(6-11(20)21)19-13(16-17-18-19)8-4-3-5-9(14)12(8)15/h3-5,7,10H,6H2,1-2H3,(H,20,21). The van der Waals surface area contributed by atoms with E-state index in [-0.39, 0.29) is 28.7 Å². The monoisotopic (exact) mass is 312 g/mol. The van der Waals surface area contributed by atoms with Crippen LogP contribution in [-0.4, -0.2) is 31.3 Å². The van der Waals surface area contributed by atoms with Gasteiger partial charge in [0.15, 0.2) is 11.6 Å². The first-order valence-corrected chi connectivity index (χ1v) is 6.73. The third kappa shape index (κ3) is 3.18. The van der Waals surface area contributed by atoms with Crippen LogP contribution >= 0.6 is 11.6 Å². The largest absolute Gasteiger partial charge is 0.481 e. The van der Waals surface area contributed by atoms with Gasteiger partial charge in [-0.2, -0.15) is 0 Å². The SMILES string of the molecule is CC(C)C(CC(=O)O)n1nnnc1-c1cccc(Cl)c1F. The molecule has 1 atom stereocenters. The van der Waals surface area contributed by atoms with E-state index >= 15 is 0 Å². The van der Waals surface area contributed by atoms with Gasteiger partial charge in [0.1, 0.15) is 0 Å². The van der Waals surface area contributed by atoms with Crippen LogP contribution in [0.15, 0.2) is 18.2 Å². The van der Waals surface area contributed by atoms with Crippen molar-refractivity contribution < 1.29 is 14.3 Å². The van der Waals surface area contributed by atoms with Crippen molar-refractivity contribution in [2.45, 2.75) is 26.3 Å². The lowest BCUT2D eigenvalue weighted by Gasteiger charge is -2.20. The van der Waals surface area contributed by atoms with Crippen LogP contribution in [0.5, 0.6) is 0 Å². The maximum absolute atomic E-state index is 14.1. The molecule has 1 N–H and O–H groups in total. The fraction of sp³-hybridized carbons (Fsp3) is 0.385. The van der Waals surface area contributed by atoms with Crippen molar-refractivity contribution >= 4 is 17.6 Å². The number of hydrogen-bond donors (Lipinski definition) is 1. The average Bonchev–Trinajstić information content (AvgIpc) is 2.87. The molecule has 1 heterocycles. The number of hydrogen-bond acceptors (Lipinski definition) is 4. The van der Waals surface area contributed by atoms with E-state index in [1.54, 1.807) is 6.07 Å². The second-order valence-electron chi connectivity index (χ2n) is 4.96. The van der Waals surface area contributed by atoms with Gasteiger partial charge in [-0.05, 0) is 28.5 Å². The molecule has 0 aliphatic carbocycles. The molecule has 1 unspecified atom stereocenters. The Morgan fingerprint density at radius 2 is 2.19 bits per heavy atom. The molecule has 1 aromatic heterocycles. The summed E-state index contributed by atoms with van der Waals surface area (Å²) in [5.41, 5.74) is 0.142. The molecule has 1 aromatic carbocycles. The number of carboxylic acids is 1. The first kappa shape index (κ1) is 15.4. The molecular formula is C13H14ClFN4O2. The lowest BCUT2D eigenvalue weighted by Crippen LogP contribution is -2.21. The van der Waals surface area contributed by atoms with Crippen molar-refractivity contribution in [1.29, 1.82) is 0 Å². The van der Waals surface area contributed by atoms with E-state index < -0.39 is 17.8 Å². The summed E-state index contributed by atoms with van der Waals surface area (Å²) in [6.07, 6.45) is -0.155. The normalized spacial score (nSPS) is 12.6. The quantitative estimate of drug-likeness (QED) is 0.918. The minimum Gasteiger partial charge on any atom is -0.481 e. The van der Waals surface area contributed by atoms with Crippen LogP contribution in [0.2, 0.25) is 5.02 Å². The van der Waals surface area contributed by atoms with Crippen LogP contribution in [0.1, 0.15) is 26.3 Å². The summed E-state index contributed by atoms with van der Waals surface area (Å²) in [7, 11) is 0. The number of aromatic nitrogens is 4. The van der Waals surface area contributed by atoms with Crippen LogP contribution < -0.4 is 0 Å². The first-order chi connectivity index (χ1) is 9.91. The fourth-order valence-corrected chi connectivity index (χ4v) is 2.23. The van der Waals surface area contributed by atoms with E-state index in [1.807, 2.05) is 13.8 Å². The summed E-state index contributed by atoms with van der Waals surface area (Å²) in [5.74, 6) is -1.48. The zero-order chi connectivity index (χ0) is 15.6. The van der Waals surface area contributed by atoms with Gasteiger partial charge in [0, 0.05) is 0 Å². The number of halogens is 2. The predicted molar refractivity (Wildman–Crippen MR) is 74.3 cm³/mol. The average molecular weight is 313 g/mol. The lowest BCUT2D eigenvalue weighted by molar-refractivity contribution is -0.138. The van der Waals surface area contributed by atoms with Crippen molar-refractivity contribution in [2.24, 2.45) is 5.92 Å². The van der Waals surface area contributed by atoms with E-state index in [0.29, 0.717) is 0 Å². The fourth-order valence-electron chi connectivity index (χ4n) is 2.05. The number of carboxylic acid groups (broad SMARTS) is 1. The maximum atomic E-state index is 14.1. The highest BCUT2D eigenvalue weighted by Crippen LogP contribution is 2.30. The molecule has 8 heteroatoms. The smallest absolute Gasteiger partial charge is 0.305 e. The van der Waals surface area contributed by atoms with Gasteiger partial charge in [-0.25, -0.2) is 9.07 Å². The Morgan fingerprint density at radius 1 is 1.48 bits per heavy atom. The van der Waals surface area contributed by atoms with Crippen LogP contribution in [-0.2, 0) is 4.79 Å². The van der Waals surface area contributed by atoms with Gasteiger partial charge in [0.25, 0.3) is 0 Å². The molecule has 2 rings (SSSR count). The Balaban J connectivity index is 2.51. The number of benzene rings is 1. The van der Waals surface area contributed by atoms with E-state index in [9.17, 15) is 9.18 Å². The molecule has 0 bridgehead atoms. The third-order valence-electron chi connectivity index (χ3n) is 3.15. The Morgan fingerprint density at radius 3 is 2.81 bits per heavy atom. The second-order valence-corrected chi connectivity index (χ2v) is 5.36. The first-order valence-electron chi connectivity index (χ1n) is 6.35. The van der Waals surface area contributed by atoms with Crippen molar-refractivity contribution in [3.63, 3.8) is 0 Å². The molecule has 0 saturated carbocycles. The van der Waals surface area contributed by atoms with Gasteiger partial charge >= 0.3 is 5.97 Å². The van der Waals surface area contributed by atoms with Gasteiger partial charge in [-0.3, -0.25) is 4.79 Å². The Labute approximate surface area is 125 Å². The molecule has 0 amide bonds. The van der Waals surface area contributed by atoms with Gasteiger partial charge in [-0.15, -0.1) is 5.10 Å². The zero-order valence-electron chi connectivity index (χ0n) is 11.5. The summed E-state index contributed by atoms with van der Waals surface area (Å²) >= 11 is 5.76. The van der Waals surface area contributed by atoms with Crippen molar-refractivity contribution in [2.75, 3.05) is 0 Å². The summed E-state index contributed by atoms with van der Waals surface area (Å²) in [5, 5.41) is 20.1. The number of tetrazole rings is 1. The Bertz CT molecular complexity index is 659. The highest BCUT2D eigenvalue weighted by Gasteiger charge is 2.25. The topological polar surface area (TPSA) is 80.9 Å². The summed E-state index contributed by atoms with van der Waals surface area (Å²) in [6, 6.07) is 4.03. The summed E-state index contributed by atoms with van der Waals surface area (Å²) in [6.45, 7) is 3.71. The van der Waals surface area contributed by atoms with Gasteiger partial charge in [0.2, 0.25) is 0 Å². The van der Waals surface area contributed by atoms with E-state index in [4.69, 9.17) is 16.7 Å². The number of carbonyl (C=O) groups is 1. The van der Waals surface area contributed by atoms with Gasteiger partial charge in [-0.1, -0.05) is 31.5 Å². The molecule has 0 fully saturated rings. The van der Waals surface area contributed by atoms with Crippen molar-refractivity contribution in [3.05, 3.63) is 29.0 Å². The highest BCUT2D eigenvalue weighted by molar-refractivity contribution is 6.31. The van der Waals surface area contributed by atoms with Gasteiger partial charge < -0.3 is 5.11 Å². The molecule has 0 spiro atoms. The van der Waals surface area contributed by atoms with Crippen LogP contribution in [0.4, 0.5) is 4.39 Å². The molecule has 112 valence electrons. The highest BCUT2D eigenvalue weighted by atomic mass is 35.5. The van der Waals surface area contributed by atoms with E-state index in [2.05, 4.69) is 15.5 Å². The number of rotatable bonds is 5. The van der Waals surface area contributed by atoms with Crippen LogP contribution in [0.25, 0.3) is 11.4 Å². The minimum absolute atomic E-state index is 0.0365. The number of nitrogens with zero attached hydrogens (tertiary/aromatic N) is 4. The molecule has 0 aliphatic heterocycles. The maximum Gasteiger partial charge on any atom is 0.305 e. The lowest BCUT2D eigenvalue weighted by atomic mass is 10.0.